The van der Waals surface area contributed by atoms with Crippen LogP contribution < -0.4 is 5.32 Å². The molecule has 1 heteroatoms. The van der Waals surface area contributed by atoms with Crippen LogP contribution in [0.2, 0.25) is 0 Å². The Morgan fingerprint density at radius 1 is 0.810 bits per heavy atom. The van der Waals surface area contributed by atoms with Crippen LogP contribution in [0.25, 0.3) is 16.7 Å². The van der Waals surface area contributed by atoms with Gasteiger partial charge in [0.1, 0.15) is 0 Å². The fourth-order valence-corrected chi connectivity index (χ4v) is 3.75. The quantitative estimate of drug-likeness (QED) is 0.841. The Kier molecular flexibility index (Phi) is 3.36. The van der Waals surface area contributed by atoms with Crippen molar-refractivity contribution >= 4 is 5.57 Å². The zero-order valence-electron chi connectivity index (χ0n) is 12.3. The largest absolute Gasteiger partial charge is 0.307 e. The molecule has 2 aromatic carbocycles. The van der Waals surface area contributed by atoms with Crippen molar-refractivity contribution in [2.75, 3.05) is 0 Å². The maximum atomic E-state index is 3.74. The Morgan fingerprint density at radius 3 is 2.38 bits per heavy atom. The second kappa shape index (κ2) is 5.50. The number of fused-ring (bicyclic) bond motifs is 2. The van der Waals surface area contributed by atoms with E-state index in [9.17, 15) is 0 Å². The minimum absolute atomic E-state index is 0.580. The van der Waals surface area contributed by atoms with E-state index in [1.165, 1.54) is 47.9 Å². The normalized spacial score (nSPS) is 24.5. The van der Waals surface area contributed by atoms with Crippen LogP contribution in [0.1, 0.15) is 31.2 Å². The van der Waals surface area contributed by atoms with Crippen LogP contribution in [-0.2, 0) is 0 Å². The van der Waals surface area contributed by atoms with E-state index >= 15 is 0 Å². The highest BCUT2D eigenvalue weighted by Gasteiger charge is 2.26. The summed E-state index contributed by atoms with van der Waals surface area (Å²) < 4.78 is 0. The first kappa shape index (κ1) is 12.8. The third kappa shape index (κ3) is 2.54. The third-order valence-corrected chi connectivity index (χ3v) is 4.74. The summed E-state index contributed by atoms with van der Waals surface area (Å²) in [5.74, 6) is 0. The smallest absolute Gasteiger partial charge is 0.0258 e. The molecule has 0 radical (unpaired) electrons. The SMILES string of the molecule is C1=C(c2ccccc2-c2ccccc2)CC2CCCC1N2. The summed E-state index contributed by atoms with van der Waals surface area (Å²) in [6.07, 6.45) is 7.61. The van der Waals surface area contributed by atoms with E-state index in [0.717, 1.165) is 0 Å². The van der Waals surface area contributed by atoms with Crippen LogP contribution in [0.4, 0.5) is 0 Å². The maximum absolute atomic E-state index is 3.74. The van der Waals surface area contributed by atoms with Crippen LogP contribution in [0.5, 0.6) is 0 Å². The van der Waals surface area contributed by atoms with Gasteiger partial charge in [-0.05, 0) is 41.5 Å². The molecule has 106 valence electrons. The van der Waals surface area contributed by atoms with E-state index in [1.54, 1.807) is 0 Å². The highest BCUT2D eigenvalue weighted by Crippen LogP contribution is 2.35. The van der Waals surface area contributed by atoms with Gasteiger partial charge in [-0.1, -0.05) is 67.1 Å². The summed E-state index contributed by atoms with van der Waals surface area (Å²) in [5.41, 5.74) is 5.63. The summed E-state index contributed by atoms with van der Waals surface area (Å²) in [4.78, 5) is 0. The van der Waals surface area contributed by atoms with E-state index in [-0.39, 0.29) is 0 Å². The standard InChI is InChI=1S/C20H21N/c1-2-7-15(8-3-1)19-11-4-5-12-20(19)16-13-17-9-6-10-18(14-16)21-17/h1-5,7-8,11-13,17-18,21H,6,9-10,14H2. The number of hydrogen-bond donors (Lipinski definition) is 1. The molecule has 0 saturated carbocycles. The van der Waals surface area contributed by atoms with Crippen LogP contribution in [-0.4, -0.2) is 12.1 Å². The number of piperidine rings is 1. The first-order valence-electron chi connectivity index (χ1n) is 8.02. The van der Waals surface area contributed by atoms with Crippen molar-refractivity contribution in [1.82, 2.24) is 5.32 Å². The van der Waals surface area contributed by atoms with Crippen molar-refractivity contribution < 1.29 is 0 Å². The molecule has 2 bridgehead atoms. The van der Waals surface area contributed by atoms with Crippen molar-refractivity contribution in [1.29, 1.82) is 0 Å². The van der Waals surface area contributed by atoms with Gasteiger partial charge >= 0.3 is 0 Å². The predicted molar refractivity (Wildman–Crippen MR) is 89.0 cm³/mol. The number of benzene rings is 2. The summed E-state index contributed by atoms with van der Waals surface area (Å²) >= 11 is 0. The third-order valence-electron chi connectivity index (χ3n) is 4.74. The van der Waals surface area contributed by atoms with Gasteiger partial charge in [0.05, 0.1) is 0 Å². The van der Waals surface area contributed by atoms with Crippen molar-refractivity contribution in [2.24, 2.45) is 0 Å². The lowest BCUT2D eigenvalue weighted by molar-refractivity contribution is 0.348. The second-order valence-electron chi connectivity index (χ2n) is 6.21. The van der Waals surface area contributed by atoms with Gasteiger partial charge in [-0.25, -0.2) is 0 Å². The highest BCUT2D eigenvalue weighted by molar-refractivity contribution is 5.82. The molecule has 2 atom stereocenters. The van der Waals surface area contributed by atoms with E-state index < -0.39 is 0 Å². The molecule has 2 aliphatic heterocycles. The monoisotopic (exact) mass is 275 g/mol. The molecule has 2 aromatic rings. The molecule has 2 unspecified atom stereocenters. The Balaban J connectivity index is 1.78. The molecular weight excluding hydrogens is 254 g/mol. The van der Waals surface area contributed by atoms with Gasteiger partial charge < -0.3 is 5.32 Å². The van der Waals surface area contributed by atoms with Crippen LogP contribution in [0.3, 0.4) is 0 Å². The molecule has 0 aromatic heterocycles. The fourth-order valence-electron chi connectivity index (χ4n) is 3.75. The maximum Gasteiger partial charge on any atom is 0.0258 e. The topological polar surface area (TPSA) is 12.0 Å². The van der Waals surface area contributed by atoms with Crippen LogP contribution in [0, 0.1) is 0 Å². The molecule has 1 N–H and O–H groups in total. The zero-order valence-corrected chi connectivity index (χ0v) is 12.3. The van der Waals surface area contributed by atoms with Gasteiger partial charge in [0.15, 0.2) is 0 Å². The Labute approximate surface area is 126 Å². The second-order valence-corrected chi connectivity index (χ2v) is 6.21. The summed E-state index contributed by atoms with van der Waals surface area (Å²) in [6, 6.07) is 20.9. The minimum atomic E-state index is 0.580. The van der Waals surface area contributed by atoms with Crippen molar-refractivity contribution in [3.05, 3.63) is 66.2 Å². The lowest BCUT2D eigenvalue weighted by atomic mass is 9.83. The Bertz CT molecular complexity index is 657. The minimum Gasteiger partial charge on any atom is -0.307 e. The number of nitrogens with one attached hydrogen (secondary N) is 1. The van der Waals surface area contributed by atoms with Crippen molar-refractivity contribution in [2.45, 2.75) is 37.8 Å². The van der Waals surface area contributed by atoms with Gasteiger partial charge in [-0.3, -0.25) is 0 Å². The van der Waals surface area contributed by atoms with E-state index in [1.807, 2.05) is 0 Å². The molecule has 4 rings (SSSR count). The van der Waals surface area contributed by atoms with Crippen molar-refractivity contribution in [3.8, 4) is 11.1 Å². The summed E-state index contributed by atoms with van der Waals surface area (Å²) in [6.45, 7) is 0. The number of rotatable bonds is 2. The van der Waals surface area contributed by atoms with Crippen molar-refractivity contribution in [3.63, 3.8) is 0 Å². The zero-order chi connectivity index (χ0) is 14.1. The van der Waals surface area contributed by atoms with E-state index in [0.29, 0.717) is 12.1 Å². The van der Waals surface area contributed by atoms with Gasteiger partial charge in [0, 0.05) is 12.1 Å². The first-order valence-corrected chi connectivity index (χ1v) is 8.02. The average molecular weight is 275 g/mol. The Hall–Kier alpha value is -1.86. The molecule has 1 saturated heterocycles. The predicted octanol–water partition coefficient (Wildman–Crippen LogP) is 4.65. The fraction of sp³-hybridized carbons (Fsp3) is 0.300. The molecular formula is C20H21N. The average Bonchev–Trinajstić information content (AvgIpc) is 2.55. The molecule has 1 nitrogen and oxygen atoms in total. The van der Waals surface area contributed by atoms with Gasteiger partial charge in [-0.2, -0.15) is 0 Å². The first-order chi connectivity index (χ1) is 10.4. The number of hydrogen-bond acceptors (Lipinski definition) is 1. The molecule has 0 aliphatic carbocycles. The molecule has 21 heavy (non-hydrogen) atoms. The van der Waals surface area contributed by atoms with Gasteiger partial charge in [-0.15, -0.1) is 0 Å². The molecule has 1 fully saturated rings. The van der Waals surface area contributed by atoms with Crippen LogP contribution in [0.15, 0.2) is 60.7 Å². The van der Waals surface area contributed by atoms with E-state index in [2.05, 4.69) is 66.0 Å². The summed E-state index contributed by atoms with van der Waals surface area (Å²) in [7, 11) is 0. The molecule has 0 amide bonds. The van der Waals surface area contributed by atoms with Crippen LogP contribution >= 0.6 is 0 Å². The molecule has 0 spiro atoms. The molecule has 2 aliphatic rings. The Morgan fingerprint density at radius 2 is 1.57 bits per heavy atom. The lowest BCUT2D eigenvalue weighted by Gasteiger charge is -2.35. The van der Waals surface area contributed by atoms with Gasteiger partial charge in [0.25, 0.3) is 0 Å². The highest BCUT2D eigenvalue weighted by atomic mass is 15.0. The van der Waals surface area contributed by atoms with E-state index in [4.69, 9.17) is 0 Å². The van der Waals surface area contributed by atoms with Gasteiger partial charge in [0.2, 0.25) is 0 Å². The summed E-state index contributed by atoms with van der Waals surface area (Å²) in [5, 5.41) is 3.74. The lowest BCUT2D eigenvalue weighted by Crippen LogP contribution is -2.44. The molecule has 2 heterocycles.